The first-order valence-corrected chi connectivity index (χ1v) is 9.77. The van der Waals surface area contributed by atoms with Gasteiger partial charge in [0.05, 0.1) is 6.20 Å². The second-order valence-corrected chi connectivity index (χ2v) is 8.36. The number of hydrogen-bond acceptors (Lipinski definition) is 4. The van der Waals surface area contributed by atoms with Crippen LogP contribution in [0.4, 0.5) is 10.5 Å². The van der Waals surface area contributed by atoms with Gasteiger partial charge in [0.25, 0.3) is 0 Å². The zero-order valence-electron chi connectivity index (χ0n) is 16.6. The van der Waals surface area contributed by atoms with Crippen LogP contribution in [0, 0.1) is 0 Å². The number of H-pyrrole nitrogens is 1. The first kappa shape index (κ1) is 18.5. The number of hydrogen-bond donors (Lipinski definition) is 1. The topological polar surface area (TPSA) is 78.5 Å². The van der Waals surface area contributed by atoms with Gasteiger partial charge < -0.3 is 9.64 Å². The quantitative estimate of drug-likeness (QED) is 0.864. The molecule has 1 aromatic carbocycles. The highest BCUT2D eigenvalue weighted by Gasteiger charge is 2.40. The Kier molecular flexibility index (Phi) is 4.61. The van der Waals surface area contributed by atoms with Crippen LogP contribution in [0.5, 0.6) is 0 Å². The van der Waals surface area contributed by atoms with E-state index in [1.807, 2.05) is 44.0 Å². The predicted octanol–water partition coefficient (Wildman–Crippen LogP) is 3.37. The SMILES string of the molecule is CC(C)(C)OC(=O)N1CCC[C@H]1C(=O)N1CCc2c(-c3cn[nH]c3)cccc21. The third-order valence-electron chi connectivity index (χ3n) is 5.27. The maximum Gasteiger partial charge on any atom is 0.410 e. The molecule has 0 saturated carbocycles. The highest BCUT2D eigenvalue weighted by molar-refractivity contribution is 6.01. The fourth-order valence-electron chi connectivity index (χ4n) is 4.07. The number of nitrogens with one attached hydrogen (secondary N) is 1. The molecule has 1 aromatic heterocycles. The first-order valence-electron chi connectivity index (χ1n) is 9.77. The summed E-state index contributed by atoms with van der Waals surface area (Å²) in [6.07, 6.45) is 5.52. The number of anilines is 1. The van der Waals surface area contributed by atoms with Crippen molar-refractivity contribution < 1.29 is 14.3 Å². The number of benzene rings is 1. The molecular weight excluding hydrogens is 356 g/mol. The molecule has 1 N–H and O–H groups in total. The van der Waals surface area contributed by atoms with Crippen LogP contribution < -0.4 is 4.90 Å². The van der Waals surface area contributed by atoms with Gasteiger partial charge in [-0.3, -0.25) is 14.8 Å². The average molecular weight is 382 g/mol. The summed E-state index contributed by atoms with van der Waals surface area (Å²) >= 11 is 0. The first-order chi connectivity index (χ1) is 13.3. The third-order valence-corrected chi connectivity index (χ3v) is 5.27. The number of nitrogens with zero attached hydrogens (tertiary/aromatic N) is 3. The second-order valence-electron chi connectivity index (χ2n) is 8.36. The minimum Gasteiger partial charge on any atom is -0.444 e. The van der Waals surface area contributed by atoms with Crippen molar-refractivity contribution in [3.8, 4) is 11.1 Å². The molecule has 3 heterocycles. The summed E-state index contributed by atoms with van der Waals surface area (Å²) in [4.78, 5) is 29.3. The normalized spacial score (nSPS) is 19.0. The zero-order chi connectivity index (χ0) is 19.9. The Morgan fingerprint density at radius 2 is 2.07 bits per heavy atom. The number of carbonyl (C=O) groups is 2. The summed E-state index contributed by atoms with van der Waals surface area (Å²) < 4.78 is 5.51. The summed E-state index contributed by atoms with van der Waals surface area (Å²) in [6.45, 7) is 6.70. The molecular formula is C21H26N4O3. The fourth-order valence-corrected chi connectivity index (χ4v) is 4.07. The van der Waals surface area contributed by atoms with Crippen molar-refractivity contribution in [3.05, 3.63) is 36.2 Å². The van der Waals surface area contributed by atoms with Gasteiger partial charge in [-0.2, -0.15) is 5.10 Å². The van der Waals surface area contributed by atoms with Gasteiger partial charge in [0.1, 0.15) is 11.6 Å². The molecule has 0 unspecified atom stereocenters. The number of amides is 2. The van der Waals surface area contributed by atoms with Crippen molar-refractivity contribution in [3.63, 3.8) is 0 Å². The molecule has 4 rings (SSSR count). The highest BCUT2D eigenvalue weighted by Crippen LogP contribution is 2.37. The van der Waals surface area contributed by atoms with Gasteiger partial charge in [0, 0.05) is 30.5 Å². The number of aromatic amines is 1. The van der Waals surface area contributed by atoms with Crippen molar-refractivity contribution in [1.29, 1.82) is 0 Å². The summed E-state index contributed by atoms with van der Waals surface area (Å²) in [7, 11) is 0. The van der Waals surface area contributed by atoms with Crippen LogP contribution in [-0.4, -0.2) is 51.8 Å². The average Bonchev–Trinajstić information content (AvgIpc) is 3.38. The molecule has 0 radical (unpaired) electrons. The predicted molar refractivity (Wildman–Crippen MR) is 106 cm³/mol. The van der Waals surface area contributed by atoms with Crippen LogP contribution in [0.2, 0.25) is 0 Å². The minimum absolute atomic E-state index is 0.0218. The fraction of sp³-hybridized carbons (Fsp3) is 0.476. The van der Waals surface area contributed by atoms with E-state index in [1.54, 1.807) is 11.1 Å². The molecule has 0 aliphatic carbocycles. The summed E-state index contributed by atoms with van der Waals surface area (Å²) in [6, 6.07) is 5.54. The van der Waals surface area contributed by atoms with E-state index < -0.39 is 17.7 Å². The number of likely N-dealkylation sites (tertiary alicyclic amines) is 1. The molecule has 2 aromatic rings. The largest absolute Gasteiger partial charge is 0.444 e. The van der Waals surface area contributed by atoms with Crippen molar-refractivity contribution in [2.24, 2.45) is 0 Å². The van der Waals surface area contributed by atoms with Crippen LogP contribution in [0.15, 0.2) is 30.6 Å². The van der Waals surface area contributed by atoms with Gasteiger partial charge in [-0.25, -0.2) is 4.79 Å². The Balaban J connectivity index is 1.57. The maximum atomic E-state index is 13.3. The number of rotatable bonds is 2. The van der Waals surface area contributed by atoms with Crippen molar-refractivity contribution in [2.45, 2.75) is 51.7 Å². The van der Waals surface area contributed by atoms with Crippen LogP contribution in [0.25, 0.3) is 11.1 Å². The van der Waals surface area contributed by atoms with Crippen molar-refractivity contribution in [1.82, 2.24) is 15.1 Å². The maximum absolute atomic E-state index is 13.3. The Morgan fingerprint density at radius 3 is 2.79 bits per heavy atom. The lowest BCUT2D eigenvalue weighted by Crippen LogP contribution is -2.48. The van der Waals surface area contributed by atoms with Gasteiger partial charge in [0.2, 0.25) is 5.91 Å². The molecule has 7 heteroatoms. The monoisotopic (exact) mass is 382 g/mol. The number of carbonyl (C=O) groups excluding carboxylic acids is 2. The van der Waals surface area contributed by atoms with E-state index in [9.17, 15) is 9.59 Å². The molecule has 0 spiro atoms. The van der Waals surface area contributed by atoms with Gasteiger partial charge in [0.15, 0.2) is 0 Å². The van der Waals surface area contributed by atoms with Gasteiger partial charge >= 0.3 is 6.09 Å². The molecule has 1 saturated heterocycles. The van der Waals surface area contributed by atoms with Crippen LogP contribution in [0.3, 0.4) is 0 Å². The Morgan fingerprint density at radius 1 is 1.25 bits per heavy atom. The number of ether oxygens (including phenoxy) is 1. The van der Waals surface area contributed by atoms with E-state index in [-0.39, 0.29) is 5.91 Å². The molecule has 2 aliphatic heterocycles. The zero-order valence-corrected chi connectivity index (χ0v) is 16.6. The van der Waals surface area contributed by atoms with E-state index in [0.717, 1.165) is 35.2 Å². The summed E-state index contributed by atoms with van der Waals surface area (Å²) in [5, 5.41) is 6.88. The standard InChI is InChI=1S/C21H26N4O3/c1-21(2,3)28-20(27)25-10-5-8-18(25)19(26)24-11-9-16-15(6-4-7-17(16)24)14-12-22-23-13-14/h4,6-7,12-13,18H,5,8-11H2,1-3H3,(H,22,23)/t18-/m0/s1. The minimum atomic E-state index is -0.576. The lowest BCUT2D eigenvalue weighted by molar-refractivity contribution is -0.122. The molecule has 2 amide bonds. The lowest BCUT2D eigenvalue weighted by atomic mass is 10.0. The third kappa shape index (κ3) is 3.37. The lowest BCUT2D eigenvalue weighted by Gasteiger charge is -2.30. The highest BCUT2D eigenvalue weighted by atomic mass is 16.6. The van der Waals surface area contributed by atoms with E-state index in [4.69, 9.17) is 4.74 Å². The van der Waals surface area contributed by atoms with E-state index in [2.05, 4.69) is 16.3 Å². The number of aromatic nitrogens is 2. The van der Waals surface area contributed by atoms with Crippen molar-refractivity contribution >= 4 is 17.7 Å². The van der Waals surface area contributed by atoms with Gasteiger partial charge in [-0.1, -0.05) is 12.1 Å². The van der Waals surface area contributed by atoms with E-state index in [1.165, 1.54) is 0 Å². The Bertz CT molecular complexity index is 886. The smallest absolute Gasteiger partial charge is 0.410 e. The van der Waals surface area contributed by atoms with E-state index >= 15 is 0 Å². The molecule has 2 aliphatic rings. The van der Waals surface area contributed by atoms with Crippen molar-refractivity contribution in [2.75, 3.05) is 18.0 Å². The summed E-state index contributed by atoms with van der Waals surface area (Å²) in [5.74, 6) is -0.0218. The van der Waals surface area contributed by atoms with Gasteiger partial charge in [-0.05, 0) is 57.2 Å². The Labute approximate surface area is 164 Å². The molecule has 7 nitrogen and oxygen atoms in total. The van der Waals surface area contributed by atoms with Crippen LogP contribution in [0.1, 0.15) is 39.2 Å². The molecule has 1 fully saturated rings. The Hall–Kier alpha value is -2.83. The summed E-state index contributed by atoms with van der Waals surface area (Å²) in [5.41, 5.74) is 3.62. The van der Waals surface area contributed by atoms with Crippen LogP contribution in [-0.2, 0) is 16.0 Å². The molecule has 1 atom stereocenters. The molecule has 28 heavy (non-hydrogen) atoms. The molecule has 148 valence electrons. The molecule has 0 bridgehead atoms. The van der Waals surface area contributed by atoms with Crippen LogP contribution >= 0.6 is 0 Å². The van der Waals surface area contributed by atoms with Gasteiger partial charge in [-0.15, -0.1) is 0 Å². The van der Waals surface area contributed by atoms with E-state index in [0.29, 0.717) is 19.5 Å². The number of fused-ring (bicyclic) bond motifs is 1. The second kappa shape index (κ2) is 6.96.